The van der Waals surface area contributed by atoms with Crippen LogP contribution >= 0.6 is 11.8 Å². The molecule has 1 heterocycles. The van der Waals surface area contributed by atoms with Gasteiger partial charge in [0.2, 0.25) is 5.91 Å². The maximum absolute atomic E-state index is 12.6. The number of thioether (sulfide) groups is 1. The van der Waals surface area contributed by atoms with E-state index in [2.05, 4.69) is 15.5 Å². The third kappa shape index (κ3) is 5.35. The van der Waals surface area contributed by atoms with Crippen LogP contribution in [0, 0.1) is 0 Å². The van der Waals surface area contributed by atoms with Crippen LogP contribution in [-0.4, -0.2) is 40.6 Å². The van der Waals surface area contributed by atoms with Crippen LogP contribution in [0.25, 0.3) is 17.1 Å². The molecule has 0 spiro atoms. The highest BCUT2D eigenvalue weighted by molar-refractivity contribution is 7.99. The van der Waals surface area contributed by atoms with Gasteiger partial charge in [-0.3, -0.25) is 9.36 Å². The molecule has 8 heteroatoms. The van der Waals surface area contributed by atoms with E-state index < -0.39 is 0 Å². The molecule has 168 valence electrons. The number of rotatable bonds is 9. The van der Waals surface area contributed by atoms with Gasteiger partial charge in [0.1, 0.15) is 11.5 Å². The minimum Gasteiger partial charge on any atom is -0.497 e. The maximum Gasteiger partial charge on any atom is 0.230 e. The van der Waals surface area contributed by atoms with Gasteiger partial charge in [-0.25, -0.2) is 0 Å². The quantitative estimate of drug-likeness (QED) is 0.374. The van der Waals surface area contributed by atoms with Crippen molar-refractivity contribution in [2.45, 2.75) is 11.7 Å². The molecule has 7 nitrogen and oxygen atoms in total. The minimum absolute atomic E-state index is 0.117. The molecule has 0 unspecified atom stereocenters. The molecule has 0 fully saturated rings. The second kappa shape index (κ2) is 10.7. The van der Waals surface area contributed by atoms with Crippen molar-refractivity contribution in [3.8, 4) is 28.6 Å². The SMILES string of the molecule is COc1ccc(OC)c(CNC(=O)CSc2nnc(-c3ccccc3)n2-c2ccccc2)c1. The summed E-state index contributed by atoms with van der Waals surface area (Å²) in [6.07, 6.45) is 0. The van der Waals surface area contributed by atoms with Crippen LogP contribution in [0.2, 0.25) is 0 Å². The summed E-state index contributed by atoms with van der Waals surface area (Å²) in [4.78, 5) is 12.6. The van der Waals surface area contributed by atoms with E-state index in [-0.39, 0.29) is 11.7 Å². The van der Waals surface area contributed by atoms with Gasteiger partial charge in [0.25, 0.3) is 0 Å². The van der Waals surface area contributed by atoms with E-state index >= 15 is 0 Å². The van der Waals surface area contributed by atoms with Gasteiger partial charge in [0.05, 0.1) is 20.0 Å². The van der Waals surface area contributed by atoms with Crippen molar-refractivity contribution >= 4 is 17.7 Å². The second-order valence-corrected chi connectivity index (χ2v) is 8.03. The third-order valence-electron chi connectivity index (χ3n) is 4.98. The number of benzene rings is 3. The van der Waals surface area contributed by atoms with E-state index in [9.17, 15) is 4.79 Å². The highest BCUT2D eigenvalue weighted by atomic mass is 32.2. The lowest BCUT2D eigenvalue weighted by Gasteiger charge is -2.12. The number of carbonyl (C=O) groups is 1. The van der Waals surface area contributed by atoms with Crippen LogP contribution in [0.5, 0.6) is 11.5 Å². The summed E-state index contributed by atoms with van der Waals surface area (Å²) in [6.45, 7) is 0.334. The fourth-order valence-electron chi connectivity index (χ4n) is 3.34. The number of nitrogens with one attached hydrogen (secondary N) is 1. The Bertz CT molecular complexity index is 1210. The van der Waals surface area contributed by atoms with E-state index in [1.807, 2.05) is 83.4 Å². The Balaban J connectivity index is 1.49. The second-order valence-electron chi connectivity index (χ2n) is 7.09. The Morgan fingerprint density at radius 3 is 2.36 bits per heavy atom. The van der Waals surface area contributed by atoms with E-state index in [4.69, 9.17) is 9.47 Å². The number of methoxy groups -OCH3 is 2. The Hall–Kier alpha value is -3.78. The highest BCUT2D eigenvalue weighted by Gasteiger charge is 2.17. The first-order valence-corrected chi connectivity index (χ1v) is 11.3. The summed E-state index contributed by atoms with van der Waals surface area (Å²) in [5.41, 5.74) is 2.73. The molecule has 4 aromatic rings. The fraction of sp³-hybridized carbons (Fsp3) is 0.160. The van der Waals surface area contributed by atoms with Crippen LogP contribution < -0.4 is 14.8 Å². The molecule has 1 aromatic heterocycles. The lowest BCUT2D eigenvalue weighted by atomic mass is 10.2. The van der Waals surface area contributed by atoms with Crippen molar-refractivity contribution < 1.29 is 14.3 Å². The minimum atomic E-state index is -0.117. The van der Waals surface area contributed by atoms with Crippen molar-refractivity contribution in [1.82, 2.24) is 20.1 Å². The van der Waals surface area contributed by atoms with Gasteiger partial charge in [-0.1, -0.05) is 60.3 Å². The Kier molecular flexibility index (Phi) is 7.26. The summed E-state index contributed by atoms with van der Waals surface area (Å²) in [6, 6.07) is 25.3. The lowest BCUT2D eigenvalue weighted by Crippen LogP contribution is -2.25. The van der Waals surface area contributed by atoms with Gasteiger partial charge in [0, 0.05) is 23.4 Å². The molecule has 0 bridgehead atoms. The molecule has 3 aromatic carbocycles. The van der Waals surface area contributed by atoms with E-state index in [0.29, 0.717) is 23.2 Å². The number of amides is 1. The molecule has 0 atom stereocenters. The average molecular weight is 461 g/mol. The van der Waals surface area contributed by atoms with Crippen LogP contribution in [0.3, 0.4) is 0 Å². The van der Waals surface area contributed by atoms with Gasteiger partial charge >= 0.3 is 0 Å². The Morgan fingerprint density at radius 2 is 1.67 bits per heavy atom. The molecule has 33 heavy (non-hydrogen) atoms. The maximum atomic E-state index is 12.6. The zero-order chi connectivity index (χ0) is 23.0. The first-order valence-electron chi connectivity index (χ1n) is 10.4. The van der Waals surface area contributed by atoms with Crippen molar-refractivity contribution in [2.75, 3.05) is 20.0 Å². The van der Waals surface area contributed by atoms with Crippen LogP contribution in [0.4, 0.5) is 0 Å². The van der Waals surface area contributed by atoms with Gasteiger partial charge in [-0.2, -0.15) is 0 Å². The number of carbonyl (C=O) groups excluding carboxylic acids is 1. The summed E-state index contributed by atoms with van der Waals surface area (Å²) in [5.74, 6) is 2.21. The summed E-state index contributed by atoms with van der Waals surface area (Å²) < 4.78 is 12.6. The van der Waals surface area contributed by atoms with Crippen molar-refractivity contribution in [3.05, 3.63) is 84.4 Å². The van der Waals surface area contributed by atoms with Gasteiger partial charge in [0.15, 0.2) is 11.0 Å². The van der Waals surface area contributed by atoms with E-state index in [1.165, 1.54) is 11.8 Å². The predicted octanol–water partition coefficient (Wildman–Crippen LogP) is 4.36. The Morgan fingerprint density at radius 1 is 0.939 bits per heavy atom. The molecule has 0 saturated heterocycles. The number of hydrogen-bond acceptors (Lipinski definition) is 6. The molecule has 4 rings (SSSR count). The van der Waals surface area contributed by atoms with Crippen LogP contribution in [0.1, 0.15) is 5.56 Å². The molecule has 0 aliphatic heterocycles. The number of nitrogens with zero attached hydrogens (tertiary/aromatic N) is 3. The first kappa shape index (κ1) is 22.4. The van der Waals surface area contributed by atoms with Crippen LogP contribution in [0.15, 0.2) is 84.0 Å². The largest absolute Gasteiger partial charge is 0.497 e. The molecule has 0 aliphatic carbocycles. The van der Waals surface area contributed by atoms with Gasteiger partial charge in [-0.15, -0.1) is 10.2 Å². The lowest BCUT2D eigenvalue weighted by molar-refractivity contribution is -0.118. The average Bonchev–Trinajstić information content (AvgIpc) is 3.31. The van der Waals surface area contributed by atoms with Gasteiger partial charge < -0.3 is 14.8 Å². The number of para-hydroxylation sites is 1. The van der Waals surface area contributed by atoms with E-state index in [0.717, 1.165) is 22.6 Å². The summed E-state index contributed by atoms with van der Waals surface area (Å²) in [7, 11) is 3.21. The standard InChI is InChI=1S/C25H24N4O3S/c1-31-21-13-14-22(32-2)19(15-21)16-26-23(30)17-33-25-28-27-24(18-9-5-3-6-10-18)29(25)20-11-7-4-8-12-20/h3-15H,16-17H2,1-2H3,(H,26,30). The number of ether oxygens (including phenoxy) is 2. The molecule has 1 amide bonds. The highest BCUT2D eigenvalue weighted by Crippen LogP contribution is 2.28. The van der Waals surface area contributed by atoms with Crippen molar-refractivity contribution in [2.24, 2.45) is 0 Å². The molecular weight excluding hydrogens is 436 g/mol. The number of hydrogen-bond donors (Lipinski definition) is 1. The molecule has 1 N–H and O–H groups in total. The predicted molar refractivity (Wildman–Crippen MR) is 129 cm³/mol. The van der Waals surface area contributed by atoms with Crippen molar-refractivity contribution in [1.29, 1.82) is 0 Å². The monoisotopic (exact) mass is 460 g/mol. The van der Waals surface area contributed by atoms with E-state index in [1.54, 1.807) is 14.2 Å². The first-order chi connectivity index (χ1) is 16.2. The Labute approximate surface area is 196 Å². The van der Waals surface area contributed by atoms with Crippen LogP contribution in [-0.2, 0) is 11.3 Å². The smallest absolute Gasteiger partial charge is 0.230 e. The molecule has 0 aliphatic rings. The summed E-state index contributed by atoms with van der Waals surface area (Å²) in [5, 5.41) is 12.4. The molecule has 0 saturated carbocycles. The molecule has 0 radical (unpaired) electrons. The zero-order valence-electron chi connectivity index (χ0n) is 18.4. The third-order valence-corrected chi connectivity index (χ3v) is 5.90. The van der Waals surface area contributed by atoms with Crippen molar-refractivity contribution in [3.63, 3.8) is 0 Å². The number of aromatic nitrogens is 3. The molecular formula is C25H24N4O3S. The fourth-order valence-corrected chi connectivity index (χ4v) is 4.12. The normalized spacial score (nSPS) is 10.6. The van der Waals surface area contributed by atoms with Gasteiger partial charge in [-0.05, 0) is 30.3 Å². The summed E-state index contributed by atoms with van der Waals surface area (Å²) >= 11 is 1.34. The topological polar surface area (TPSA) is 78.3 Å². The zero-order valence-corrected chi connectivity index (χ0v) is 19.2.